The predicted molar refractivity (Wildman–Crippen MR) is 105 cm³/mol. The fourth-order valence-corrected chi connectivity index (χ4v) is 2.49. The zero-order valence-corrected chi connectivity index (χ0v) is 15.7. The molecule has 3 rings (SSSR count). The summed E-state index contributed by atoms with van der Waals surface area (Å²) in [6, 6.07) is 14.6. The highest BCUT2D eigenvalue weighted by atomic mass is 19.1. The zero-order chi connectivity index (χ0) is 19.9. The molecule has 6 nitrogen and oxygen atoms in total. The van der Waals surface area contributed by atoms with E-state index in [9.17, 15) is 9.18 Å². The number of hydrogen-bond donors (Lipinski definition) is 1. The maximum atomic E-state index is 13.7. The highest BCUT2D eigenvalue weighted by Gasteiger charge is 2.18. The molecule has 2 amide bonds. The fourth-order valence-electron chi connectivity index (χ4n) is 2.49. The van der Waals surface area contributed by atoms with Gasteiger partial charge in [-0.05, 0) is 44.2 Å². The van der Waals surface area contributed by atoms with Crippen molar-refractivity contribution in [1.82, 2.24) is 15.3 Å². The summed E-state index contributed by atoms with van der Waals surface area (Å²) in [6.45, 7) is 4.06. The minimum atomic E-state index is -0.471. The molecular formula is C21H21FN4O2. The van der Waals surface area contributed by atoms with E-state index in [0.717, 1.165) is 5.69 Å². The Kier molecular flexibility index (Phi) is 6.16. The Bertz CT molecular complexity index is 917. The van der Waals surface area contributed by atoms with Gasteiger partial charge < -0.3 is 10.1 Å². The molecule has 0 fully saturated rings. The second-order valence-corrected chi connectivity index (χ2v) is 6.40. The van der Waals surface area contributed by atoms with Gasteiger partial charge in [0.1, 0.15) is 0 Å². The monoisotopic (exact) mass is 380 g/mol. The summed E-state index contributed by atoms with van der Waals surface area (Å²) >= 11 is 0. The number of para-hydroxylation sites is 1. The average Bonchev–Trinajstić information content (AvgIpc) is 2.69. The lowest BCUT2D eigenvalue weighted by Gasteiger charge is -2.24. The number of nitrogens with zero attached hydrogens (tertiary/aromatic N) is 3. The van der Waals surface area contributed by atoms with Crippen LogP contribution in [0.2, 0.25) is 0 Å². The molecular weight excluding hydrogens is 359 g/mol. The summed E-state index contributed by atoms with van der Waals surface area (Å²) in [5.74, 6) is -0.150. The zero-order valence-electron chi connectivity index (χ0n) is 15.7. The molecule has 0 aliphatic rings. The first-order chi connectivity index (χ1) is 13.5. The van der Waals surface area contributed by atoms with E-state index in [4.69, 9.17) is 4.74 Å². The third-order valence-corrected chi connectivity index (χ3v) is 3.79. The standard InChI is InChI=1S/C21H21FN4O2/c1-15(2)25-21(27)26(14-16-7-5-6-12-23-16)17-10-11-20(24-13-17)28-19-9-4-3-8-18(19)22/h3-13,15H,14H2,1-2H3,(H,25,27). The summed E-state index contributed by atoms with van der Waals surface area (Å²) in [4.78, 5) is 22.7. The second kappa shape index (κ2) is 8.94. The quantitative estimate of drug-likeness (QED) is 0.682. The molecule has 0 spiro atoms. The molecule has 0 aliphatic heterocycles. The predicted octanol–water partition coefficient (Wildman–Crippen LogP) is 4.53. The van der Waals surface area contributed by atoms with E-state index in [1.54, 1.807) is 35.4 Å². The van der Waals surface area contributed by atoms with Crippen LogP contribution in [-0.4, -0.2) is 22.0 Å². The minimum Gasteiger partial charge on any atom is -0.436 e. The number of benzene rings is 1. The number of pyridine rings is 2. The molecule has 0 atom stereocenters. The Morgan fingerprint density at radius 1 is 1.11 bits per heavy atom. The summed E-state index contributed by atoms with van der Waals surface area (Å²) in [7, 11) is 0. The summed E-state index contributed by atoms with van der Waals surface area (Å²) in [6.07, 6.45) is 3.19. The highest BCUT2D eigenvalue weighted by Crippen LogP contribution is 2.24. The molecule has 0 saturated heterocycles. The van der Waals surface area contributed by atoms with Crippen LogP contribution in [0.25, 0.3) is 0 Å². The number of amides is 2. The lowest BCUT2D eigenvalue weighted by atomic mass is 10.3. The number of carbonyl (C=O) groups excluding carboxylic acids is 1. The first-order valence-corrected chi connectivity index (χ1v) is 8.89. The van der Waals surface area contributed by atoms with Crippen LogP contribution >= 0.6 is 0 Å². The second-order valence-electron chi connectivity index (χ2n) is 6.40. The topological polar surface area (TPSA) is 67.4 Å². The summed E-state index contributed by atoms with van der Waals surface area (Å²) < 4.78 is 19.2. The van der Waals surface area contributed by atoms with Crippen molar-refractivity contribution in [1.29, 1.82) is 0 Å². The molecule has 0 saturated carbocycles. The van der Waals surface area contributed by atoms with Crippen molar-refractivity contribution in [2.24, 2.45) is 0 Å². The Labute approximate surface area is 163 Å². The van der Waals surface area contributed by atoms with Crippen molar-refractivity contribution in [2.45, 2.75) is 26.4 Å². The van der Waals surface area contributed by atoms with Gasteiger partial charge in [0.2, 0.25) is 5.88 Å². The van der Waals surface area contributed by atoms with Crippen LogP contribution in [0.4, 0.5) is 14.9 Å². The van der Waals surface area contributed by atoms with Crippen molar-refractivity contribution in [3.63, 3.8) is 0 Å². The number of aromatic nitrogens is 2. The minimum absolute atomic E-state index is 0.0182. The van der Waals surface area contributed by atoms with Crippen LogP contribution < -0.4 is 15.0 Å². The van der Waals surface area contributed by atoms with Gasteiger partial charge in [0.15, 0.2) is 11.6 Å². The maximum Gasteiger partial charge on any atom is 0.322 e. The first kappa shape index (κ1) is 19.3. The Hall–Kier alpha value is -3.48. The van der Waals surface area contributed by atoms with Crippen LogP contribution in [0.15, 0.2) is 67.0 Å². The molecule has 2 heterocycles. The number of urea groups is 1. The molecule has 2 aromatic heterocycles. The molecule has 144 valence electrons. The fraction of sp³-hybridized carbons (Fsp3) is 0.190. The van der Waals surface area contributed by atoms with Crippen molar-refractivity contribution < 1.29 is 13.9 Å². The van der Waals surface area contributed by atoms with Gasteiger partial charge in [-0.2, -0.15) is 0 Å². The third-order valence-electron chi connectivity index (χ3n) is 3.79. The SMILES string of the molecule is CC(C)NC(=O)N(Cc1ccccn1)c1ccc(Oc2ccccc2F)nc1. The maximum absolute atomic E-state index is 13.7. The van der Waals surface area contributed by atoms with E-state index in [2.05, 4.69) is 15.3 Å². The van der Waals surface area contributed by atoms with E-state index in [1.807, 2.05) is 32.0 Å². The Balaban J connectivity index is 1.81. The van der Waals surface area contributed by atoms with Gasteiger partial charge >= 0.3 is 6.03 Å². The normalized spacial score (nSPS) is 10.6. The van der Waals surface area contributed by atoms with Gasteiger partial charge in [0, 0.05) is 18.3 Å². The third kappa shape index (κ3) is 5.03. The molecule has 7 heteroatoms. The van der Waals surface area contributed by atoms with Gasteiger partial charge in [-0.15, -0.1) is 0 Å². The van der Waals surface area contributed by atoms with Gasteiger partial charge in [0.05, 0.1) is 24.1 Å². The molecule has 1 N–H and O–H groups in total. The van der Waals surface area contributed by atoms with Crippen LogP contribution in [0.1, 0.15) is 19.5 Å². The molecule has 0 bridgehead atoms. The van der Waals surface area contributed by atoms with Crippen LogP contribution in [0, 0.1) is 5.82 Å². The molecule has 0 aliphatic carbocycles. The lowest BCUT2D eigenvalue weighted by Crippen LogP contribution is -2.43. The van der Waals surface area contributed by atoms with Crippen LogP contribution in [-0.2, 0) is 6.54 Å². The Morgan fingerprint density at radius 3 is 2.54 bits per heavy atom. The number of anilines is 1. The van der Waals surface area contributed by atoms with Gasteiger partial charge in [0.25, 0.3) is 0 Å². The molecule has 3 aromatic rings. The number of hydrogen-bond acceptors (Lipinski definition) is 4. The first-order valence-electron chi connectivity index (χ1n) is 8.89. The number of halogens is 1. The van der Waals surface area contributed by atoms with Gasteiger partial charge in [-0.1, -0.05) is 18.2 Å². The van der Waals surface area contributed by atoms with Gasteiger partial charge in [-0.25, -0.2) is 14.2 Å². The molecule has 28 heavy (non-hydrogen) atoms. The van der Waals surface area contributed by atoms with Crippen molar-refractivity contribution in [3.05, 3.63) is 78.5 Å². The van der Waals surface area contributed by atoms with Crippen molar-refractivity contribution >= 4 is 11.7 Å². The molecule has 1 aromatic carbocycles. The number of carbonyl (C=O) groups is 1. The number of nitrogens with one attached hydrogen (secondary N) is 1. The summed E-state index contributed by atoms with van der Waals surface area (Å²) in [5.41, 5.74) is 1.32. The average molecular weight is 380 g/mol. The Morgan fingerprint density at radius 2 is 1.89 bits per heavy atom. The van der Waals surface area contributed by atoms with E-state index in [0.29, 0.717) is 5.69 Å². The van der Waals surface area contributed by atoms with E-state index in [1.165, 1.54) is 18.3 Å². The largest absolute Gasteiger partial charge is 0.436 e. The van der Waals surface area contributed by atoms with E-state index < -0.39 is 5.82 Å². The smallest absolute Gasteiger partial charge is 0.322 e. The molecule has 0 unspecified atom stereocenters. The molecule has 0 radical (unpaired) electrons. The summed E-state index contributed by atoms with van der Waals surface area (Å²) in [5, 5.41) is 2.87. The van der Waals surface area contributed by atoms with Crippen LogP contribution in [0.3, 0.4) is 0 Å². The van der Waals surface area contributed by atoms with Crippen molar-refractivity contribution in [3.8, 4) is 11.6 Å². The van der Waals surface area contributed by atoms with Gasteiger partial charge in [-0.3, -0.25) is 9.88 Å². The lowest BCUT2D eigenvalue weighted by molar-refractivity contribution is 0.243. The number of ether oxygens (including phenoxy) is 1. The van der Waals surface area contributed by atoms with Crippen molar-refractivity contribution in [2.75, 3.05) is 4.90 Å². The highest BCUT2D eigenvalue weighted by molar-refractivity contribution is 5.91. The van der Waals surface area contributed by atoms with E-state index >= 15 is 0 Å². The van der Waals surface area contributed by atoms with Crippen LogP contribution in [0.5, 0.6) is 11.6 Å². The van der Waals surface area contributed by atoms with E-state index in [-0.39, 0.29) is 30.2 Å². The number of rotatable bonds is 6.